The second-order valence-corrected chi connectivity index (χ2v) is 5.20. The Morgan fingerprint density at radius 2 is 1.82 bits per heavy atom. The largest absolute Gasteiger partial charge is 0.264 e. The Hall–Kier alpha value is -1.15. The van der Waals surface area contributed by atoms with E-state index in [1.54, 1.807) is 0 Å². The lowest BCUT2D eigenvalue weighted by molar-refractivity contribution is 0.814. The molecule has 0 atom stereocenters. The molecule has 0 saturated carbocycles. The van der Waals surface area contributed by atoms with Gasteiger partial charge in [0.1, 0.15) is 0 Å². The van der Waals surface area contributed by atoms with Crippen molar-refractivity contribution in [3.8, 4) is 0 Å². The second kappa shape index (κ2) is 5.97. The van der Waals surface area contributed by atoms with E-state index in [-0.39, 0.29) is 0 Å². The summed E-state index contributed by atoms with van der Waals surface area (Å²) < 4.78 is 1.14. The van der Waals surface area contributed by atoms with Gasteiger partial charge in [0, 0.05) is 16.9 Å². The van der Waals surface area contributed by atoms with Crippen molar-refractivity contribution in [2.45, 2.75) is 26.2 Å². The third-order valence-electron chi connectivity index (χ3n) is 2.96. The molecular formula is C15H16BrN. The molecule has 2 rings (SSSR count). The molecule has 0 aliphatic rings. The smallest absolute Gasteiger partial charge is 0.0299 e. The summed E-state index contributed by atoms with van der Waals surface area (Å²) in [5, 5.41) is 0. The van der Waals surface area contributed by atoms with Crippen LogP contribution in [0.15, 0.2) is 47.2 Å². The molecule has 0 bridgehead atoms. The van der Waals surface area contributed by atoms with Crippen LogP contribution in [-0.2, 0) is 12.8 Å². The predicted molar refractivity (Wildman–Crippen MR) is 75.1 cm³/mol. The maximum absolute atomic E-state index is 4.12. The number of pyridine rings is 1. The van der Waals surface area contributed by atoms with Crippen LogP contribution < -0.4 is 0 Å². The molecule has 0 spiro atoms. The number of nitrogens with zero attached hydrogens (tertiary/aromatic N) is 1. The quantitative estimate of drug-likeness (QED) is 0.816. The van der Waals surface area contributed by atoms with Crippen molar-refractivity contribution in [3.05, 3.63) is 63.9 Å². The van der Waals surface area contributed by atoms with Crippen LogP contribution in [0.5, 0.6) is 0 Å². The fraction of sp³-hybridized carbons (Fsp3) is 0.267. The lowest BCUT2D eigenvalue weighted by Crippen LogP contribution is -1.93. The van der Waals surface area contributed by atoms with Crippen LogP contribution in [0.2, 0.25) is 0 Å². The number of rotatable bonds is 4. The standard InChI is InChI=1S/C15H16BrN/c1-12-11-17-10-9-14(12)4-2-3-13-5-7-15(16)8-6-13/h5-11H,2-4H2,1H3. The number of halogens is 1. The molecule has 0 aliphatic carbocycles. The molecule has 2 aromatic rings. The van der Waals surface area contributed by atoms with Crippen molar-refractivity contribution in [3.63, 3.8) is 0 Å². The molecule has 0 unspecified atom stereocenters. The number of aryl methyl sites for hydroxylation is 3. The van der Waals surface area contributed by atoms with Crippen LogP contribution in [-0.4, -0.2) is 4.98 Å². The lowest BCUT2D eigenvalue weighted by atomic mass is 10.0. The summed E-state index contributed by atoms with van der Waals surface area (Å²) in [5.74, 6) is 0. The number of hydrogen-bond acceptors (Lipinski definition) is 1. The van der Waals surface area contributed by atoms with Gasteiger partial charge in [0.2, 0.25) is 0 Å². The normalized spacial score (nSPS) is 10.5. The molecular weight excluding hydrogens is 274 g/mol. The van der Waals surface area contributed by atoms with Crippen molar-refractivity contribution >= 4 is 15.9 Å². The van der Waals surface area contributed by atoms with Crippen LogP contribution in [0.3, 0.4) is 0 Å². The lowest BCUT2D eigenvalue weighted by Gasteiger charge is -2.05. The van der Waals surface area contributed by atoms with Crippen molar-refractivity contribution in [2.24, 2.45) is 0 Å². The van der Waals surface area contributed by atoms with Crippen molar-refractivity contribution < 1.29 is 0 Å². The summed E-state index contributed by atoms with van der Waals surface area (Å²) in [6.45, 7) is 2.13. The van der Waals surface area contributed by atoms with Gasteiger partial charge in [-0.15, -0.1) is 0 Å². The van der Waals surface area contributed by atoms with E-state index >= 15 is 0 Å². The molecule has 0 fully saturated rings. The summed E-state index contributed by atoms with van der Waals surface area (Å²) >= 11 is 3.45. The number of hydrogen-bond donors (Lipinski definition) is 0. The van der Waals surface area contributed by atoms with Gasteiger partial charge in [-0.1, -0.05) is 28.1 Å². The Kier molecular flexibility index (Phi) is 4.32. The van der Waals surface area contributed by atoms with Gasteiger partial charge in [0.05, 0.1) is 0 Å². The number of benzene rings is 1. The molecule has 88 valence electrons. The Labute approximate surface area is 111 Å². The van der Waals surface area contributed by atoms with E-state index in [9.17, 15) is 0 Å². The van der Waals surface area contributed by atoms with Crippen LogP contribution in [0.1, 0.15) is 23.1 Å². The van der Waals surface area contributed by atoms with Crippen LogP contribution in [0.25, 0.3) is 0 Å². The average molecular weight is 290 g/mol. The van der Waals surface area contributed by atoms with E-state index in [1.807, 2.05) is 12.4 Å². The minimum absolute atomic E-state index is 1.13. The minimum Gasteiger partial charge on any atom is -0.264 e. The zero-order chi connectivity index (χ0) is 12.1. The van der Waals surface area contributed by atoms with E-state index in [0.717, 1.165) is 17.3 Å². The third-order valence-corrected chi connectivity index (χ3v) is 3.49. The van der Waals surface area contributed by atoms with E-state index in [0.29, 0.717) is 0 Å². The van der Waals surface area contributed by atoms with Crippen molar-refractivity contribution in [1.29, 1.82) is 0 Å². The molecule has 17 heavy (non-hydrogen) atoms. The van der Waals surface area contributed by atoms with E-state index in [2.05, 4.69) is 58.2 Å². The summed E-state index contributed by atoms with van der Waals surface area (Å²) in [7, 11) is 0. The first-order valence-corrected chi connectivity index (χ1v) is 6.69. The first-order valence-electron chi connectivity index (χ1n) is 5.89. The Bertz CT molecular complexity index is 477. The van der Waals surface area contributed by atoms with Gasteiger partial charge >= 0.3 is 0 Å². The molecule has 0 aliphatic heterocycles. The van der Waals surface area contributed by atoms with Gasteiger partial charge in [-0.2, -0.15) is 0 Å². The molecule has 0 amide bonds. The molecule has 0 radical (unpaired) electrons. The van der Waals surface area contributed by atoms with Crippen LogP contribution in [0.4, 0.5) is 0 Å². The summed E-state index contributed by atoms with van der Waals surface area (Å²) in [6, 6.07) is 10.7. The molecule has 0 N–H and O–H groups in total. The zero-order valence-electron chi connectivity index (χ0n) is 9.99. The Morgan fingerprint density at radius 1 is 1.06 bits per heavy atom. The van der Waals surface area contributed by atoms with Crippen LogP contribution >= 0.6 is 15.9 Å². The maximum Gasteiger partial charge on any atom is 0.0299 e. The molecule has 1 aromatic heterocycles. The predicted octanol–water partition coefficient (Wildman–Crippen LogP) is 4.33. The SMILES string of the molecule is Cc1cnccc1CCCc1ccc(Br)cc1. The van der Waals surface area contributed by atoms with Gasteiger partial charge < -0.3 is 0 Å². The van der Waals surface area contributed by atoms with Crippen molar-refractivity contribution in [1.82, 2.24) is 4.98 Å². The van der Waals surface area contributed by atoms with E-state index < -0.39 is 0 Å². The zero-order valence-corrected chi connectivity index (χ0v) is 11.6. The van der Waals surface area contributed by atoms with Crippen LogP contribution in [0, 0.1) is 6.92 Å². The van der Waals surface area contributed by atoms with E-state index in [4.69, 9.17) is 0 Å². The van der Waals surface area contributed by atoms with Crippen molar-refractivity contribution in [2.75, 3.05) is 0 Å². The summed E-state index contributed by atoms with van der Waals surface area (Å²) in [6.07, 6.45) is 7.27. The molecule has 1 nitrogen and oxygen atoms in total. The number of aromatic nitrogens is 1. The monoisotopic (exact) mass is 289 g/mol. The summed E-state index contributed by atoms with van der Waals surface area (Å²) in [5.41, 5.74) is 4.11. The summed E-state index contributed by atoms with van der Waals surface area (Å²) in [4.78, 5) is 4.12. The Balaban J connectivity index is 1.88. The molecule has 1 heterocycles. The Morgan fingerprint density at radius 3 is 2.53 bits per heavy atom. The molecule has 1 aromatic carbocycles. The first kappa shape index (κ1) is 12.3. The highest BCUT2D eigenvalue weighted by Crippen LogP contribution is 2.14. The molecule has 0 saturated heterocycles. The topological polar surface area (TPSA) is 12.9 Å². The van der Waals surface area contributed by atoms with E-state index in [1.165, 1.54) is 23.1 Å². The highest BCUT2D eigenvalue weighted by molar-refractivity contribution is 9.10. The fourth-order valence-electron chi connectivity index (χ4n) is 1.92. The fourth-order valence-corrected chi connectivity index (χ4v) is 2.18. The van der Waals surface area contributed by atoms with Gasteiger partial charge in [0.25, 0.3) is 0 Å². The average Bonchev–Trinajstić information content (AvgIpc) is 2.34. The second-order valence-electron chi connectivity index (χ2n) is 4.28. The van der Waals surface area contributed by atoms with Gasteiger partial charge in [-0.25, -0.2) is 0 Å². The maximum atomic E-state index is 4.12. The molecule has 2 heteroatoms. The van der Waals surface area contributed by atoms with Gasteiger partial charge in [-0.3, -0.25) is 4.98 Å². The van der Waals surface area contributed by atoms with Gasteiger partial charge in [-0.05, 0) is 61.1 Å². The highest BCUT2D eigenvalue weighted by Gasteiger charge is 1.98. The highest BCUT2D eigenvalue weighted by atomic mass is 79.9. The van der Waals surface area contributed by atoms with Gasteiger partial charge in [0.15, 0.2) is 0 Å². The third kappa shape index (κ3) is 3.67. The minimum atomic E-state index is 1.13. The first-order chi connectivity index (χ1) is 8.25.